The maximum Gasteiger partial charge on any atom is 0.312 e. The van der Waals surface area contributed by atoms with Crippen LogP contribution in [-0.4, -0.2) is 25.7 Å². The fourth-order valence-electron chi connectivity index (χ4n) is 2.38. The highest BCUT2D eigenvalue weighted by molar-refractivity contribution is 5.78. The Morgan fingerprint density at radius 1 is 1.38 bits per heavy atom. The maximum absolute atomic E-state index is 11.6. The molecule has 2 aromatic rings. The van der Waals surface area contributed by atoms with Crippen LogP contribution < -0.4 is 0 Å². The molecule has 0 bridgehead atoms. The summed E-state index contributed by atoms with van der Waals surface area (Å²) in [5.41, 5.74) is 2.24. The Hall–Kier alpha value is -1.91. The van der Waals surface area contributed by atoms with E-state index in [1.165, 1.54) is 0 Å². The second-order valence-corrected chi connectivity index (χ2v) is 6.94. The molecule has 5 heteroatoms. The lowest BCUT2D eigenvalue weighted by Crippen LogP contribution is -2.16. The molecular formula is C16H23N3O2. The fraction of sp³-hybridized carbons (Fsp3) is 0.562. The predicted octanol–water partition coefficient (Wildman–Crippen LogP) is 3.24. The van der Waals surface area contributed by atoms with E-state index in [2.05, 4.69) is 30.9 Å². The van der Waals surface area contributed by atoms with Crippen molar-refractivity contribution in [1.29, 1.82) is 0 Å². The number of carbonyl (C=O) groups is 1. The molecular weight excluding hydrogens is 266 g/mol. The molecule has 1 N–H and O–H groups in total. The summed E-state index contributed by atoms with van der Waals surface area (Å²) in [4.78, 5) is 15.9. The molecule has 0 saturated heterocycles. The molecule has 0 radical (unpaired) electrons. The third-order valence-corrected chi connectivity index (χ3v) is 3.52. The minimum Gasteiger partial charge on any atom is -0.481 e. The van der Waals surface area contributed by atoms with Crippen LogP contribution in [0.5, 0.6) is 0 Å². The molecule has 114 valence electrons. The minimum absolute atomic E-state index is 0.0833. The van der Waals surface area contributed by atoms with E-state index in [-0.39, 0.29) is 11.3 Å². The Kier molecular flexibility index (Phi) is 4.03. The van der Waals surface area contributed by atoms with Crippen molar-refractivity contribution in [3.05, 3.63) is 29.8 Å². The van der Waals surface area contributed by atoms with E-state index in [0.717, 1.165) is 11.2 Å². The van der Waals surface area contributed by atoms with Crippen LogP contribution in [0.1, 0.15) is 58.3 Å². The Morgan fingerprint density at radius 3 is 2.57 bits per heavy atom. The number of carboxylic acid groups (broad SMARTS) is 1. The Bertz CT molecular complexity index is 653. The standard InChI is InChI=1S/C16H23N3O2/c1-10(2)8-11(15(20)21)14-12-9-13(16(3,4)5)18-19(12)7-6-17-14/h6-7,9-11H,8H2,1-5H3,(H,20,21). The number of fused-ring (bicyclic) bond motifs is 1. The Balaban J connectivity index is 2.57. The van der Waals surface area contributed by atoms with Gasteiger partial charge < -0.3 is 5.11 Å². The summed E-state index contributed by atoms with van der Waals surface area (Å²) in [6.45, 7) is 10.3. The largest absolute Gasteiger partial charge is 0.481 e. The van der Waals surface area contributed by atoms with Crippen LogP contribution in [0.3, 0.4) is 0 Å². The summed E-state index contributed by atoms with van der Waals surface area (Å²) >= 11 is 0. The van der Waals surface area contributed by atoms with Gasteiger partial charge in [0.1, 0.15) is 5.92 Å². The molecule has 2 rings (SSSR count). The van der Waals surface area contributed by atoms with E-state index in [9.17, 15) is 9.90 Å². The van der Waals surface area contributed by atoms with E-state index < -0.39 is 11.9 Å². The van der Waals surface area contributed by atoms with Crippen LogP contribution in [0.15, 0.2) is 18.5 Å². The average molecular weight is 289 g/mol. The van der Waals surface area contributed by atoms with Gasteiger partial charge >= 0.3 is 5.97 Å². The lowest BCUT2D eigenvalue weighted by molar-refractivity contribution is -0.139. The first-order valence-electron chi connectivity index (χ1n) is 7.27. The molecule has 21 heavy (non-hydrogen) atoms. The van der Waals surface area contributed by atoms with Crippen molar-refractivity contribution in [2.45, 2.75) is 52.4 Å². The van der Waals surface area contributed by atoms with E-state index in [4.69, 9.17) is 0 Å². The second-order valence-electron chi connectivity index (χ2n) is 6.94. The summed E-state index contributed by atoms with van der Waals surface area (Å²) < 4.78 is 1.74. The number of aliphatic carboxylic acids is 1. The zero-order valence-corrected chi connectivity index (χ0v) is 13.3. The summed E-state index contributed by atoms with van der Waals surface area (Å²) in [6.07, 6.45) is 3.96. The zero-order chi connectivity index (χ0) is 15.8. The van der Waals surface area contributed by atoms with Crippen LogP contribution in [0.25, 0.3) is 5.52 Å². The quantitative estimate of drug-likeness (QED) is 0.938. The topological polar surface area (TPSA) is 67.5 Å². The van der Waals surface area contributed by atoms with Crippen LogP contribution in [0.2, 0.25) is 0 Å². The first-order valence-corrected chi connectivity index (χ1v) is 7.27. The molecule has 2 heterocycles. The second kappa shape index (κ2) is 5.47. The third kappa shape index (κ3) is 3.23. The number of nitrogens with zero attached hydrogens (tertiary/aromatic N) is 3. The fourth-order valence-corrected chi connectivity index (χ4v) is 2.38. The zero-order valence-electron chi connectivity index (χ0n) is 13.3. The highest BCUT2D eigenvalue weighted by atomic mass is 16.4. The van der Waals surface area contributed by atoms with Crippen molar-refractivity contribution < 1.29 is 9.90 Å². The highest BCUT2D eigenvalue weighted by Gasteiger charge is 2.27. The van der Waals surface area contributed by atoms with Crippen molar-refractivity contribution in [2.24, 2.45) is 5.92 Å². The smallest absolute Gasteiger partial charge is 0.312 e. The van der Waals surface area contributed by atoms with Gasteiger partial charge in [0.25, 0.3) is 0 Å². The number of carboxylic acids is 1. The molecule has 0 saturated carbocycles. The van der Waals surface area contributed by atoms with Gasteiger partial charge in [0.15, 0.2) is 0 Å². The van der Waals surface area contributed by atoms with Gasteiger partial charge in [-0.1, -0.05) is 34.6 Å². The SMILES string of the molecule is CC(C)CC(C(=O)O)c1nccn2nc(C(C)(C)C)cc12. The lowest BCUT2D eigenvalue weighted by atomic mass is 9.91. The maximum atomic E-state index is 11.6. The molecule has 2 aromatic heterocycles. The first-order chi connectivity index (χ1) is 9.70. The van der Waals surface area contributed by atoms with E-state index in [1.807, 2.05) is 19.9 Å². The van der Waals surface area contributed by atoms with Gasteiger partial charge in [0, 0.05) is 17.8 Å². The average Bonchev–Trinajstić information content (AvgIpc) is 2.79. The molecule has 0 aliphatic heterocycles. The van der Waals surface area contributed by atoms with Crippen LogP contribution >= 0.6 is 0 Å². The van der Waals surface area contributed by atoms with Crippen molar-refractivity contribution >= 4 is 11.5 Å². The summed E-state index contributed by atoms with van der Waals surface area (Å²) in [5.74, 6) is -1.14. The third-order valence-electron chi connectivity index (χ3n) is 3.52. The number of rotatable bonds is 4. The Labute approximate surface area is 125 Å². The molecule has 0 aromatic carbocycles. The number of aromatic nitrogens is 3. The number of hydrogen-bond donors (Lipinski definition) is 1. The normalized spacial score (nSPS) is 13.8. The molecule has 0 aliphatic rings. The lowest BCUT2D eigenvalue weighted by Gasteiger charge is -2.15. The van der Waals surface area contributed by atoms with Gasteiger partial charge in [-0.25, -0.2) is 4.52 Å². The van der Waals surface area contributed by atoms with Crippen molar-refractivity contribution in [3.63, 3.8) is 0 Å². The van der Waals surface area contributed by atoms with E-state index >= 15 is 0 Å². The minimum atomic E-state index is -0.831. The first kappa shape index (κ1) is 15.5. The van der Waals surface area contributed by atoms with Crippen molar-refractivity contribution in [3.8, 4) is 0 Å². The number of hydrogen-bond acceptors (Lipinski definition) is 3. The monoisotopic (exact) mass is 289 g/mol. The summed E-state index contributed by atoms with van der Waals surface area (Å²) in [5, 5.41) is 14.1. The van der Waals surface area contributed by atoms with E-state index in [0.29, 0.717) is 12.1 Å². The van der Waals surface area contributed by atoms with Gasteiger partial charge in [-0.15, -0.1) is 0 Å². The van der Waals surface area contributed by atoms with Gasteiger partial charge in [-0.2, -0.15) is 5.10 Å². The van der Waals surface area contributed by atoms with Crippen molar-refractivity contribution in [2.75, 3.05) is 0 Å². The molecule has 5 nitrogen and oxygen atoms in total. The van der Waals surface area contributed by atoms with Crippen molar-refractivity contribution in [1.82, 2.24) is 14.6 Å². The highest BCUT2D eigenvalue weighted by Crippen LogP contribution is 2.29. The van der Waals surface area contributed by atoms with Gasteiger partial charge in [0.05, 0.1) is 16.9 Å². The molecule has 0 aliphatic carbocycles. The molecule has 1 atom stereocenters. The van der Waals surface area contributed by atoms with E-state index in [1.54, 1.807) is 16.9 Å². The van der Waals surface area contributed by atoms with Crippen LogP contribution in [0, 0.1) is 5.92 Å². The molecule has 0 amide bonds. The molecule has 0 fully saturated rings. The van der Waals surface area contributed by atoms with Gasteiger partial charge in [-0.05, 0) is 18.4 Å². The Morgan fingerprint density at radius 2 is 2.05 bits per heavy atom. The predicted molar refractivity (Wildman–Crippen MR) is 81.5 cm³/mol. The summed E-state index contributed by atoms with van der Waals surface area (Å²) in [6, 6.07) is 1.96. The van der Waals surface area contributed by atoms with Gasteiger partial charge in [-0.3, -0.25) is 9.78 Å². The molecule has 0 spiro atoms. The summed E-state index contributed by atoms with van der Waals surface area (Å²) in [7, 11) is 0. The molecule has 1 unspecified atom stereocenters. The van der Waals surface area contributed by atoms with Gasteiger partial charge in [0.2, 0.25) is 0 Å². The van der Waals surface area contributed by atoms with Crippen LogP contribution in [-0.2, 0) is 10.2 Å². The van der Waals surface area contributed by atoms with Crippen LogP contribution in [0.4, 0.5) is 0 Å².